The minimum absolute atomic E-state index is 0.267. The van der Waals surface area contributed by atoms with Crippen LogP contribution in [0.2, 0.25) is 0 Å². The normalized spacial score (nSPS) is 17.4. The first-order chi connectivity index (χ1) is 9.89. The smallest absolute Gasteiger partial charge is 0.378 e. The molecule has 1 aliphatic heterocycles. The molecule has 0 aromatic carbocycles. The summed E-state index contributed by atoms with van der Waals surface area (Å²) in [5.74, 6) is -0.601. The molecule has 0 bridgehead atoms. The lowest BCUT2D eigenvalue weighted by Gasteiger charge is -2.29. The molecule has 1 aliphatic rings. The molecule has 0 radical (unpaired) electrons. The van der Waals surface area contributed by atoms with Crippen LogP contribution in [0.3, 0.4) is 0 Å². The number of nitrogens with one attached hydrogen (secondary N) is 1. The molecule has 0 saturated carbocycles. The van der Waals surface area contributed by atoms with E-state index >= 15 is 0 Å². The van der Waals surface area contributed by atoms with Gasteiger partial charge in [0.2, 0.25) is 5.91 Å². The molecular weight excluding hydrogens is 287 g/mol. The van der Waals surface area contributed by atoms with Gasteiger partial charge in [-0.25, -0.2) is 4.98 Å². The monoisotopic (exact) mass is 303 g/mol. The van der Waals surface area contributed by atoms with E-state index in [2.05, 4.69) is 10.3 Å². The van der Waals surface area contributed by atoms with Crippen LogP contribution >= 0.6 is 0 Å². The lowest BCUT2D eigenvalue weighted by Crippen LogP contribution is -2.47. The van der Waals surface area contributed by atoms with E-state index in [0.29, 0.717) is 26.3 Å². The third-order valence-corrected chi connectivity index (χ3v) is 3.16. The van der Waals surface area contributed by atoms with Crippen molar-refractivity contribution in [3.05, 3.63) is 23.9 Å². The van der Waals surface area contributed by atoms with Crippen molar-refractivity contribution in [3.8, 4) is 0 Å². The van der Waals surface area contributed by atoms with Gasteiger partial charge < -0.3 is 15.0 Å². The summed E-state index contributed by atoms with van der Waals surface area (Å²) < 4.78 is 43.7. The van der Waals surface area contributed by atoms with Crippen LogP contribution in [0.5, 0.6) is 0 Å². The number of hydrogen-bond acceptors (Lipinski definition) is 4. The average molecular weight is 303 g/mol. The Morgan fingerprint density at radius 2 is 2.10 bits per heavy atom. The van der Waals surface area contributed by atoms with Crippen molar-refractivity contribution >= 4 is 11.7 Å². The highest BCUT2D eigenvalue weighted by molar-refractivity contribution is 5.84. The molecule has 1 fully saturated rings. The molecule has 8 heteroatoms. The van der Waals surface area contributed by atoms with Gasteiger partial charge in [-0.05, 0) is 19.1 Å². The predicted octanol–water partition coefficient (Wildman–Crippen LogP) is 1.76. The number of pyridine rings is 1. The summed E-state index contributed by atoms with van der Waals surface area (Å²) in [7, 11) is 0. The van der Waals surface area contributed by atoms with E-state index in [1.807, 2.05) is 0 Å². The molecule has 1 aromatic heterocycles. The number of morpholine rings is 1. The molecule has 1 saturated heterocycles. The Hall–Kier alpha value is -1.83. The quantitative estimate of drug-likeness (QED) is 0.924. The second-order valence-electron chi connectivity index (χ2n) is 4.70. The maximum atomic E-state index is 12.9. The number of aromatic nitrogens is 1. The molecule has 5 nitrogen and oxygen atoms in total. The zero-order chi connectivity index (χ0) is 15.5. The Balaban J connectivity index is 2.09. The summed E-state index contributed by atoms with van der Waals surface area (Å²) >= 11 is 0. The van der Waals surface area contributed by atoms with Gasteiger partial charge >= 0.3 is 6.18 Å². The summed E-state index contributed by atoms with van der Waals surface area (Å²) in [5, 5.41) is 2.55. The number of alkyl halides is 3. The van der Waals surface area contributed by atoms with Crippen LogP contribution in [0.1, 0.15) is 12.5 Å². The molecule has 0 spiro atoms. The molecule has 0 aliphatic carbocycles. The van der Waals surface area contributed by atoms with E-state index in [1.54, 1.807) is 4.90 Å². The number of halogens is 3. The van der Waals surface area contributed by atoms with Crippen LogP contribution in [0.4, 0.5) is 19.0 Å². The van der Waals surface area contributed by atoms with Crippen LogP contribution in [0.25, 0.3) is 0 Å². The molecule has 116 valence electrons. The first kappa shape index (κ1) is 15.6. The van der Waals surface area contributed by atoms with E-state index in [-0.39, 0.29) is 11.7 Å². The van der Waals surface area contributed by atoms with Gasteiger partial charge in [0.25, 0.3) is 0 Å². The zero-order valence-corrected chi connectivity index (χ0v) is 11.5. The second-order valence-corrected chi connectivity index (χ2v) is 4.70. The van der Waals surface area contributed by atoms with Crippen molar-refractivity contribution in [2.75, 3.05) is 31.6 Å². The van der Waals surface area contributed by atoms with Crippen molar-refractivity contribution in [3.63, 3.8) is 0 Å². The van der Waals surface area contributed by atoms with Crippen LogP contribution < -0.4 is 5.32 Å². The van der Waals surface area contributed by atoms with Crippen LogP contribution in [-0.4, -0.2) is 48.1 Å². The largest absolute Gasteiger partial charge is 0.419 e. The number of hydrogen-bond donors (Lipinski definition) is 1. The molecule has 1 unspecified atom stereocenters. The maximum absolute atomic E-state index is 12.9. The van der Waals surface area contributed by atoms with Crippen molar-refractivity contribution < 1.29 is 22.7 Å². The highest BCUT2D eigenvalue weighted by atomic mass is 19.4. The number of anilines is 1. The highest BCUT2D eigenvalue weighted by Gasteiger charge is 2.35. The van der Waals surface area contributed by atoms with Gasteiger partial charge in [0.15, 0.2) is 0 Å². The minimum Gasteiger partial charge on any atom is -0.378 e. The maximum Gasteiger partial charge on any atom is 0.419 e. The average Bonchev–Trinajstić information content (AvgIpc) is 2.47. The first-order valence-corrected chi connectivity index (χ1v) is 6.55. The van der Waals surface area contributed by atoms with Gasteiger partial charge in [0, 0.05) is 19.3 Å². The van der Waals surface area contributed by atoms with E-state index < -0.39 is 17.8 Å². The number of ether oxygens (including phenoxy) is 1. The van der Waals surface area contributed by atoms with Crippen molar-refractivity contribution in [2.24, 2.45) is 0 Å². The third-order valence-electron chi connectivity index (χ3n) is 3.16. The molecule has 1 aromatic rings. The summed E-state index contributed by atoms with van der Waals surface area (Å²) in [4.78, 5) is 17.4. The number of amides is 1. The van der Waals surface area contributed by atoms with Gasteiger partial charge in [-0.2, -0.15) is 13.2 Å². The Kier molecular flexibility index (Phi) is 4.66. The summed E-state index contributed by atoms with van der Waals surface area (Å²) in [6.07, 6.45) is -3.26. The zero-order valence-electron chi connectivity index (χ0n) is 11.5. The lowest BCUT2D eigenvalue weighted by molar-refractivity contribution is -0.138. The van der Waals surface area contributed by atoms with Gasteiger partial charge in [-0.15, -0.1) is 0 Å². The number of nitrogens with zero attached hydrogens (tertiary/aromatic N) is 2. The van der Waals surface area contributed by atoms with Gasteiger partial charge in [0.05, 0.1) is 18.8 Å². The van der Waals surface area contributed by atoms with Crippen LogP contribution in [0, 0.1) is 0 Å². The Morgan fingerprint density at radius 3 is 2.71 bits per heavy atom. The standard InChI is InChI=1S/C13H16F3N3O2/c1-9(12(20)19-5-7-21-8-6-19)18-11-10(13(14,15)16)3-2-4-17-11/h2-4,9H,5-8H2,1H3,(H,17,18). The van der Waals surface area contributed by atoms with E-state index in [9.17, 15) is 18.0 Å². The predicted molar refractivity (Wildman–Crippen MR) is 69.7 cm³/mol. The minimum atomic E-state index is -4.52. The molecule has 2 heterocycles. The van der Waals surface area contributed by atoms with Crippen LogP contribution in [0.15, 0.2) is 18.3 Å². The van der Waals surface area contributed by atoms with Crippen molar-refractivity contribution in [1.29, 1.82) is 0 Å². The van der Waals surface area contributed by atoms with Gasteiger partial charge in [-0.3, -0.25) is 4.79 Å². The molecule has 21 heavy (non-hydrogen) atoms. The Bertz CT molecular complexity index is 502. The first-order valence-electron chi connectivity index (χ1n) is 6.55. The summed E-state index contributed by atoms with van der Waals surface area (Å²) in [5.41, 5.74) is -0.883. The second kappa shape index (κ2) is 6.30. The van der Waals surface area contributed by atoms with E-state index in [0.717, 1.165) is 6.07 Å². The molecule has 1 atom stereocenters. The molecule has 1 amide bonds. The van der Waals surface area contributed by atoms with E-state index in [4.69, 9.17) is 4.74 Å². The molecular formula is C13H16F3N3O2. The van der Waals surface area contributed by atoms with Crippen molar-refractivity contribution in [2.45, 2.75) is 19.1 Å². The van der Waals surface area contributed by atoms with Crippen LogP contribution in [-0.2, 0) is 15.7 Å². The highest BCUT2D eigenvalue weighted by Crippen LogP contribution is 2.33. The topological polar surface area (TPSA) is 54.5 Å². The Morgan fingerprint density at radius 1 is 1.43 bits per heavy atom. The molecule has 1 N–H and O–H groups in total. The number of carbonyl (C=O) groups is 1. The van der Waals surface area contributed by atoms with Crippen molar-refractivity contribution in [1.82, 2.24) is 9.88 Å². The lowest BCUT2D eigenvalue weighted by atomic mass is 10.2. The fourth-order valence-corrected chi connectivity index (χ4v) is 2.07. The fourth-order valence-electron chi connectivity index (χ4n) is 2.07. The van der Waals surface area contributed by atoms with Gasteiger partial charge in [0.1, 0.15) is 11.9 Å². The van der Waals surface area contributed by atoms with Gasteiger partial charge in [-0.1, -0.05) is 0 Å². The summed E-state index contributed by atoms with van der Waals surface area (Å²) in [6.45, 7) is 3.29. The SMILES string of the molecule is CC(Nc1ncccc1C(F)(F)F)C(=O)N1CCOCC1. The summed E-state index contributed by atoms with van der Waals surface area (Å²) in [6, 6.07) is 1.35. The third kappa shape index (κ3) is 3.84. The number of carbonyl (C=O) groups excluding carboxylic acids is 1. The fraction of sp³-hybridized carbons (Fsp3) is 0.538. The van der Waals surface area contributed by atoms with E-state index in [1.165, 1.54) is 19.2 Å². The Labute approximate surface area is 120 Å². The number of rotatable bonds is 3. The molecule has 2 rings (SSSR count).